The van der Waals surface area contributed by atoms with Gasteiger partial charge in [-0.3, -0.25) is 4.79 Å². The summed E-state index contributed by atoms with van der Waals surface area (Å²) in [6.45, 7) is 1.52. The molecule has 0 aliphatic carbocycles. The second-order valence-electron chi connectivity index (χ2n) is 10.3. The van der Waals surface area contributed by atoms with E-state index in [4.69, 9.17) is 4.74 Å². The molecule has 36 heavy (non-hydrogen) atoms. The molecule has 1 rings (SSSR count). The molecular weight excluding hydrogens is 464 g/mol. The second-order valence-corrected chi connectivity index (χ2v) is 10.3. The van der Waals surface area contributed by atoms with E-state index in [1.54, 1.807) is 0 Å². The highest BCUT2D eigenvalue weighted by Gasteiger charge is 2.58. The van der Waals surface area contributed by atoms with Crippen LogP contribution in [0.5, 0.6) is 0 Å². The van der Waals surface area contributed by atoms with Crippen LogP contribution in [0.3, 0.4) is 0 Å². The SMILES string of the molecule is CCCCCCCC/C=C\CCCCCCCCCCC(C(=O)O)C1(O)O[C@H](CO)[C@@H](O)[C@H](O)[C@H]1O. The number of aliphatic hydroxyl groups excluding tert-OH is 4. The smallest absolute Gasteiger partial charge is 0.312 e. The van der Waals surface area contributed by atoms with Crippen molar-refractivity contribution in [2.24, 2.45) is 5.92 Å². The zero-order valence-electron chi connectivity index (χ0n) is 22.3. The van der Waals surface area contributed by atoms with Crippen LogP contribution in [0, 0.1) is 5.92 Å². The summed E-state index contributed by atoms with van der Waals surface area (Å²) in [6.07, 6.45) is 16.3. The number of carbonyl (C=O) groups is 1. The molecule has 1 fully saturated rings. The van der Waals surface area contributed by atoms with Gasteiger partial charge in [-0.05, 0) is 32.1 Å². The molecule has 212 valence electrons. The molecule has 0 aromatic carbocycles. The standard InChI is InChI=1S/C28H52O8/c1-2-3-4-5-6-7-8-9-10-11-12-13-14-15-16-17-18-19-20-22(27(33)34)28(35)26(32)25(31)24(30)23(21-29)36-28/h9-10,22-26,29-32,35H,2-8,11-21H2,1H3,(H,33,34)/b10-9-/t22?,23-,24-,25+,26-,28?/m1/s1. The number of ether oxygens (including phenoxy) is 1. The minimum atomic E-state index is -2.58. The third-order valence-electron chi connectivity index (χ3n) is 7.30. The highest BCUT2D eigenvalue weighted by atomic mass is 16.7. The fourth-order valence-corrected chi connectivity index (χ4v) is 4.92. The van der Waals surface area contributed by atoms with E-state index >= 15 is 0 Å². The van der Waals surface area contributed by atoms with Crippen molar-refractivity contribution in [2.45, 2.75) is 146 Å². The molecule has 1 saturated heterocycles. The van der Waals surface area contributed by atoms with Crippen molar-refractivity contribution in [2.75, 3.05) is 6.61 Å². The molecule has 1 aliphatic heterocycles. The Bertz CT molecular complexity index is 596. The Balaban J connectivity index is 2.14. The first-order valence-electron chi connectivity index (χ1n) is 14.2. The van der Waals surface area contributed by atoms with E-state index < -0.39 is 48.7 Å². The lowest BCUT2D eigenvalue weighted by Gasteiger charge is -2.47. The predicted octanol–water partition coefficient (Wildman–Crippen LogP) is 4.06. The van der Waals surface area contributed by atoms with Gasteiger partial charge in [-0.1, -0.05) is 96.1 Å². The summed E-state index contributed by atoms with van der Waals surface area (Å²) in [5, 5.41) is 59.7. The molecule has 6 atom stereocenters. The van der Waals surface area contributed by atoms with Gasteiger partial charge in [0.2, 0.25) is 5.79 Å². The molecule has 8 heteroatoms. The first kappa shape index (κ1) is 33.0. The van der Waals surface area contributed by atoms with Gasteiger partial charge in [-0.2, -0.15) is 0 Å². The number of hydrogen-bond acceptors (Lipinski definition) is 7. The molecular formula is C28H52O8. The lowest BCUT2D eigenvalue weighted by molar-refractivity contribution is -0.365. The molecule has 0 spiro atoms. The van der Waals surface area contributed by atoms with Gasteiger partial charge in [0.1, 0.15) is 30.3 Å². The van der Waals surface area contributed by atoms with Gasteiger partial charge in [-0.15, -0.1) is 0 Å². The zero-order chi connectivity index (χ0) is 26.8. The average molecular weight is 517 g/mol. The summed E-state index contributed by atoms with van der Waals surface area (Å²) in [7, 11) is 0. The maximum Gasteiger partial charge on any atom is 0.312 e. The van der Waals surface area contributed by atoms with Crippen LogP contribution < -0.4 is 0 Å². The van der Waals surface area contributed by atoms with E-state index in [2.05, 4.69) is 19.1 Å². The summed E-state index contributed by atoms with van der Waals surface area (Å²) in [5.41, 5.74) is 0. The van der Waals surface area contributed by atoms with Crippen LogP contribution in [-0.4, -0.2) is 73.4 Å². The quantitative estimate of drug-likeness (QED) is 0.0988. The molecule has 2 unspecified atom stereocenters. The first-order valence-corrected chi connectivity index (χ1v) is 14.2. The first-order chi connectivity index (χ1) is 17.3. The van der Waals surface area contributed by atoms with Gasteiger partial charge in [0.05, 0.1) is 6.61 Å². The van der Waals surface area contributed by atoms with Crippen molar-refractivity contribution in [1.29, 1.82) is 0 Å². The third-order valence-corrected chi connectivity index (χ3v) is 7.30. The van der Waals surface area contributed by atoms with Crippen LogP contribution in [0.15, 0.2) is 12.2 Å². The summed E-state index contributed by atoms with van der Waals surface area (Å²) in [5.74, 6) is -5.43. The predicted molar refractivity (Wildman–Crippen MR) is 139 cm³/mol. The van der Waals surface area contributed by atoms with E-state index in [1.165, 1.54) is 64.2 Å². The second kappa shape index (κ2) is 19.1. The normalized spacial score (nSPS) is 27.5. The lowest BCUT2D eigenvalue weighted by Crippen LogP contribution is -2.68. The van der Waals surface area contributed by atoms with Crippen LogP contribution in [0.25, 0.3) is 0 Å². The van der Waals surface area contributed by atoms with Gasteiger partial charge in [0.15, 0.2) is 0 Å². The van der Waals surface area contributed by atoms with Crippen LogP contribution in [0.1, 0.15) is 116 Å². The van der Waals surface area contributed by atoms with Gasteiger partial charge < -0.3 is 35.4 Å². The fraction of sp³-hybridized carbons (Fsp3) is 0.893. The number of carboxylic acid groups (broad SMARTS) is 1. The Morgan fingerprint density at radius 1 is 0.806 bits per heavy atom. The maximum absolute atomic E-state index is 11.8. The number of hydrogen-bond donors (Lipinski definition) is 6. The Morgan fingerprint density at radius 2 is 1.28 bits per heavy atom. The Hall–Kier alpha value is -1.03. The Kier molecular flexibility index (Phi) is 17.5. The highest BCUT2D eigenvalue weighted by Crippen LogP contribution is 2.36. The molecule has 8 nitrogen and oxygen atoms in total. The van der Waals surface area contributed by atoms with Crippen molar-refractivity contribution in [3.63, 3.8) is 0 Å². The fourth-order valence-electron chi connectivity index (χ4n) is 4.92. The Morgan fingerprint density at radius 3 is 1.75 bits per heavy atom. The molecule has 0 saturated carbocycles. The van der Waals surface area contributed by atoms with Gasteiger partial charge >= 0.3 is 5.97 Å². The topological polar surface area (TPSA) is 148 Å². The number of rotatable bonds is 21. The number of aliphatic hydroxyl groups is 5. The molecule has 0 amide bonds. The van der Waals surface area contributed by atoms with Crippen LogP contribution in [0.4, 0.5) is 0 Å². The van der Waals surface area contributed by atoms with Crippen molar-refractivity contribution in [1.82, 2.24) is 0 Å². The Labute approximate surface area is 217 Å². The van der Waals surface area contributed by atoms with Crippen molar-refractivity contribution < 1.29 is 40.2 Å². The summed E-state index contributed by atoms with van der Waals surface area (Å²) in [4.78, 5) is 11.8. The van der Waals surface area contributed by atoms with E-state index in [9.17, 15) is 35.4 Å². The number of allylic oxidation sites excluding steroid dienone is 2. The maximum atomic E-state index is 11.8. The lowest BCUT2D eigenvalue weighted by atomic mass is 9.82. The van der Waals surface area contributed by atoms with E-state index in [1.807, 2.05) is 0 Å². The molecule has 0 aromatic rings. The molecule has 0 radical (unpaired) electrons. The highest BCUT2D eigenvalue weighted by molar-refractivity contribution is 5.71. The van der Waals surface area contributed by atoms with Crippen molar-refractivity contribution in [3.05, 3.63) is 12.2 Å². The van der Waals surface area contributed by atoms with E-state index in [0.29, 0.717) is 6.42 Å². The number of unbranched alkanes of at least 4 members (excludes halogenated alkanes) is 14. The molecule has 6 N–H and O–H groups in total. The third kappa shape index (κ3) is 11.6. The monoisotopic (exact) mass is 516 g/mol. The van der Waals surface area contributed by atoms with Crippen molar-refractivity contribution >= 4 is 5.97 Å². The van der Waals surface area contributed by atoms with Crippen LogP contribution >= 0.6 is 0 Å². The van der Waals surface area contributed by atoms with Gasteiger partial charge in [0.25, 0.3) is 0 Å². The minimum absolute atomic E-state index is 0.0505. The van der Waals surface area contributed by atoms with Crippen LogP contribution in [-0.2, 0) is 9.53 Å². The molecule has 1 aliphatic rings. The summed E-state index contributed by atoms with van der Waals surface area (Å²) >= 11 is 0. The number of aliphatic carboxylic acids is 1. The number of carboxylic acids is 1. The zero-order valence-corrected chi connectivity index (χ0v) is 22.3. The van der Waals surface area contributed by atoms with Crippen molar-refractivity contribution in [3.8, 4) is 0 Å². The average Bonchev–Trinajstić information content (AvgIpc) is 2.86. The van der Waals surface area contributed by atoms with Crippen LogP contribution in [0.2, 0.25) is 0 Å². The minimum Gasteiger partial charge on any atom is -0.481 e. The summed E-state index contributed by atoms with van der Waals surface area (Å²) in [6, 6.07) is 0. The van der Waals surface area contributed by atoms with E-state index in [-0.39, 0.29) is 6.42 Å². The van der Waals surface area contributed by atoms with E-state index in [0.717, 1.165) is 32.1 Å². The van der Waals surface area contributed by atoms with Gasteiger partial charge in [-0.25, -0.2) is 0 Å². The largest absolute Gasteiger partial charge is 0.481 e. The van der Waals surface area contributed by atoms with Gasteiger partial charge in [0, 0.05) is 0 Å². The molecule has 0 bridgehead atoms. The molecule has 1 heterocycles. The molecule has 0 aromatic heterocycles. The summed E-state index contributed by atoms with van der Waals surface area (Å²) < 4.78 is 5.19.